The molecular weight excluding hydrogens is 1960 g/mol. The second kappa shape index (κ2) is 39.8. The number of pyridine rings is 2. The van der Waals surface area contributed by atoms with Crippen molar-refractivity contribution in [3.8, 4) is 100 Å². The molecule has 0 aliphatic carbocycles. The van der Waals surface area contributed by atoms with Crippen molar-refractivity contribution >= 4 is 84.5 Å². The number of aryl methyl sites for hydroxylation is 1. The minimum absolute atomic E-state index is 0.0320. The maximum Gasteiger partial charge on any atom is 0.419 e. The Balaban J connectivity index is 0.000000177. The Morgan fingerprint density at radius 3 is 0.716 bits per heavy atom. The van der Waals surface area contributed by atoms with E-state index in [1.54, 1.807) is 107 Å². The van der Waals surface area contributed by atoms with Crippen LogP contribution < -0.4 is 15.6 Å². The highest BCUT2D eigenvalue weighted by atomic mass is 35.5. The minimum Gasteiger partial charge on any atom is -0.256 e. The fourth-order valence-electron chi connectivity index (χ4n) is 16.3. The van der Waals surface area contributed by atoms with Gasteiger partial charge in [0.2, 0.25) is 0 Å². The Hall–Kier alpha value is -11.8. The Bertz CT molecular complexity index is 6780. The van der Waals surface area contributed by atoms with Crippen LogP contribution in [0.15, 0.2) is 279 Å². The smallest absolute Gasteiger partial charge is 0.256 e. The van der Waals surface area contributed by atoms with Crippen molar-refractivity contribution in [2.45, 2.75) is 168 Å². The molecule has 0 amide bonds. The van der Waals surface area contributed by atoms with Gasteiger partial charge in [-0.3, -0.25) is 9.97 Å². The summed E-state index contributed by atoms with van der Waals surface area (Å²) in [6, 6.07) is 68.3. The maximum atomic E-state index is 14.3. The summed E-state index contributed by atoms with van der Waals surface area (Å²) in [7, 11) is -7.46. The average molecular weight is 2060 g/mol. The first-order chi connectivity index (χ1) is 64.8. The Morgan fingerprint density at radius 2 is 0.461 bits per heavy atom. The number of halogens is 26. The van der Waals surface area contributed by atoms with Crippen LogP contribution in [0, 0.1) is 6.92 Å². The van der Waals surface area contributed by atoms with E-state index in [-0.39, 0.29) is 59.2 Å². The molecule has 15 rings (SSSR count). The Labute approximate surface area is 813 Å². The van der Waals surface area contributed by atoms with E-state index in [2.05, 4.69) is 51.5 Å². The first kappa shape index (κ1) is 108. The lowest BCUT2D eigenvalue weighted by Crippen LogP contribution is -2.39. The van der Waals surface area contributed by atoms with Crippen LogP contribution in [0.25, 0.3) is 122 Å². The molecule has 0 unspecified atom stereocenters. The number of fused-ring (bicyclic) bond motifs is 2. The van der Waals surface area contributed by atoms with E-state index < -0.39 is 135 Å². The molecule has 0 fully saturated rings. The van der Waals surface area contributed by atoms with Gasteiger partial charge in [-0.25, -0.2) is 0 Å². The average Bonchev–Trinajstić information content (AvgIpc) is 0.754. The van der Waals surface area contributed by atoms with Gasteiger partial charge >= 0.3 is 49.4 Å². The Morgan fingerprint density at radius 1 is 0.227 bits per heavy atom. The standard InChI is InChI=1S/C43H36F9NSi.C24H22F6Si.C23H19ClF6Si.C20H17ClF3N/c1-40(2,3)34-20-30(19-29-9-7-8-10-32(29)34)38-23-33(37(24-53-38)43(50,51)52)27-15-11-25(12-16-27)26-13-17-28(18-14-26)39-35(41(44,45)46)21-31(54(4,5)6)22-36(39)42(47,48)49;1-15-5-7-16(8-6-15)17-9-11-18(12-10-17)22-20(23(25,26)27)13-19(31(2,3)4)14-21(22)24(28,29)30;1-31(2,3)18-12-19(22(25,26)27)21(20(13-18)23(28,29)30)16-6-4-14(5-7-16)15-8-10-17(24)11-9-15;1-19(2,3)15-9-13(8-12-6-4-5-7-14(12)15)18-10-17(21)16(11-25-18)20(22,23)24/h7-24H,1-6H3;5-14H,1-4H3;4-13H,1-3H3;4-11H,1-3H3. The lowest BCUT2D eigenvalue weighted by molar-refractivity contribution is -0.143. The molecule has 0 saturated carbocycles. The van der Waals surface area contributed by atoms with Crippen LogP contribution >= 0.6 is 23.2 Å². The third kappa shape index (κ3) is 25.7. The van der Waals surface area contributed by atoms with Gasteiger partial charge < -0.3 is 0 Å². The van der Waals surface area contributed by atoms with Crippen molar-refractivity contribution in [1.29, 1.82) is 0 Å². The van der Waals surface area contributed by atoms with Crippen LogP contribution in [0.3, 0.4) is 0 Å². The van der Waals surface area contributed by atoms with Crippen molar-refractivity contribution in [2.24, 2.45) is 0 Å². The van der Waals surface area contributed by atoms with Crippen LogP contribution in [0.2, 0.25) is 69.0 Å². The lowest BCUT2D eigenvalue weighted by atomic mass is 9.82. The third-order valence-corrected chi connectivity index (χ3v) is 30.4. The van der Waals surface area contributed by atoms with Crippen molar-refractivity contribution in [3.63, 3.8) is 0 Å². The summed E-state index contributed by atoms with van der Waals surface area (Å²) in [5, 5.41) is 4.53. The molecule has 738 valence electrons. The predicted octanol–water partition coefficient (Wildman–Crippen LogP) is 36.8. The van der Waals surface area contributed by atoms with Gasteiger partial charge in [0.05, 0.1) is 85.1 Å². The van der Waals surface area contributed by atoms with Gasteiger partial charge in [0.25, 0.3) is 0 Å². The van der Waals surface area contributed by atoms with Gasteiger partial charge in [-0.1, -0.05) is 363 Å². The van der Waals surface area contributed by atoms with Gasteiger partial charge in [-0.15, -0.1) is 0 Å². The van der Waals surface area contributed by atoms with Crippen molar-refractivity contribution in [1.82, 2.24) is 9.97 Å². The fourth-order valence-corrected chi connectivity index (χ4v) is 20.1. The SMILES string of the molecule is CC(C)(C)c1cc(-c2cc(-c3ccc(-c4ccc(-c5c(C(F)(F)F)cc([Si](C)(C)C)cc5C(F)(F)F)cc4)cc3)c(C(F)(F)F)cn2)cc2ccccc12.CC(C)(C)c1cc(-c2cc(Cl)c(C(F)(F)F)cn2)cc2ccccc12.C[Si](C)(C)c1cc(C(F)(F)F)c(-c2ccc(-c3ccc(Cl)cc3)cc2)c(C(F)(F)F)c1.Cc1ccc(-c2ccc(-c3c(C(F)(F)F)cc([Si](C)(C)C)cc3C(F)(F)F)cc2)cc1. The third-order valence-electron chi connectivity index (χ3n) is 23.8. The van der Waals surface area contributed by atoms with Crippen LogP contribution in [0.5, 0.6) is 0 Å². The molecular formula is C110H94Cl2F24N2Si3. The summed E-state index contributed by atoms with van der Waals surface area (Å²) >= 11 is 11.7. The van der Waals surface area contributed by atoms with Gasteiger partial charge in [-0.2, -0.15) is 105 Å². The number of nitrogens with zero attached hydrogens (tertiary/aromatic N) is 2. The van der Waals surface area contributed by atoms with Crippen LogP contribution in [0.4, 0.5) is 105 Å². The molecule has 0 saturated heterocycles. The van der Waals surface area contributed by atoms with E-state index in [1.807, 2.05) is 104 Å². The highest BCUT2D eigenvalue weighted by molar-refractivity contribution is 6.89. The highest BCUT2D eigenvalue weighted by Gasteiger charge is 2.48. The Kier molecular flexibility index (Phi) is 30.5. The quantitative estimate of drug-likeness (QED) is 0.0900. The molecule has 2 heterocycles. The van der Waals surface area contributed by atoms with E-state index in [9.17, 15) is 105 Å². The van der Waals surface area contributed by atoms with Crippen LogP contribution in [-0.4, -0.2) is 34.2 Å². The highest BCUT2D eigenvalue weighted by Crippen LogP contribution is 2.51. The normalized spacial score (nSPS) is 12.9. The zero-order valence-electron chi connectivity index (χ0n) is 78.8. The van der Waals surface area contributed by atoms with Crippen molar-refractivity contribution in [3.05, 3.63) is 351 Å². The van der Waals surface area contributed by atoms with Gasteiger partial charge in [0.1, 0.15) is 0 Å². The van der Waals surface area contributed by atoms with E-state index in [4.69, 9.17) is 23.2 Å². The zero-order chi connectivity index (χ0) is 104. The minimum atomic E-state index is -5.05. The fraction of sp³-hybridized carbons (Fsp3) is 0.236. The molecule has 0 atom stereocenters. The predicted molar refractivity (Wildman–Crippen MR) is 526 cm³/mol. The molecule has 31 heteroatoms. The van der Waals surface area contributed by atoms with Gasteiger partial charge in [-0.05, 0) is 160 Å². The molecule has 0 bridgehead atoms. The summed E-state index contributed by atoms with van der Waals surface area (Å²) < 4.78 is 334. The van der Waals surface area contributed by atoms with E-state index >= 15 is 0 Å². The molecule has 0 N–H and O–H groups in total. The molecule has 141 heavy (non-hydrogen) atoms. The van der Waals surface area contributed by atoms with E-state index in [0.717, 1.165) is 104 Å². The molecule has 0 spiro atoms. The number of alkyl halides is 24. The van der Waals surface area contributed by atoms with E-state index in [1.165, 1.54) is 84.9 Å². The van der Waals surface area contributed by atoms with E-state index in [0.29, 0.717) is 44.2 Å². The molecule has 2 aromatic heterocycles. The van der Waals surface area contributed by atoms with Gasteiger partial charge in [0.15, 0.2) is 0 Å². The number of hydrogen-bond acceptors (Lipinski definition) is 2. The van der Waals surface area contributed by atoms with Crippen LogP contribution in [0.1, 0.15) is 103 Å². The first-order valence-electron chi connectivity index (χ1n) is 44.0. The second-order valence-corrected chi connectivity index (χ2v) is 55.5. The largest absolute Gasteiger partial charge is 0.419 e. The first-order valence-corrected chi connectivity index (χ1v) is 55.2. The summed E-state index contributed by atoms with van der Waals surface area (Å²) in [4.78, 5) is 8.23. The van der Waals surface area contributed by atoms with Crippen LogP contribution in [-0.2, 0) is 60.2 Å². The molecule has 0 radical (unpaired) electrons. The summed E-state index contributed by atoms with van der Waals surface area (Å²) in [6.07, 6.45) is -37.4. The number of aromatic nitrogens is 2. The maximum absolute atomic E-state index is 14.3. The monoisotopic (exact) mass is 2050 g/mol. The number of benzene rings is 13. The zero-order valence-corrected chi connectivity index (χ0v) is 83.3. The summed E-state index contributed by atoms with van der Waals surface area (Å²) in [5.74, 6) is 0. The molecule has 0 aliphatic rings. The summed E-state index contributed by atoms with van der Waals surface area (Å²) in [5.41, 5.74) is -3.72. The van der Waals surface area contributed by atoms with Crippen molar-refractivity contribution in [2.75, 3.05) is 0 Å². The molecule has 13 aromatic carbocycles. The lowest BCUT2D eigenvalue weighted by Gasteiger charge is -2.25. The number of hydrogen-bond donors (Lipinski definition) is 0. The molecule has 15 aromatic rings. The molecule has 2 nitrogen and oxygen atoms in total. The van der Waals surface area contributed by atoms with Gasteiger partial charge in [0, 0.05) is 45.2 Å². The summed E-state index contributed by atoms with van der Waals surface area (Å²) in [6.45, 7) is 29.7. The van der Waals surface area contributed by atoms with Crippen molar-refractivity contribution < 1.29 is 105 Å². The molecule has 0 aliphatic heterocycles. The topological polar surface area (TPSA) is 25.8 Å². The second-order valence-electron chi connectivity index (χ2n) is 39.4. The number of rotatable bonds is 12.